The van der Waals surface area contributed by atoms with E-state index in [9.17, 15) is 9.59 Å². The second kappa shape index (κ2) is 6.86. The second-order valence-electron chi connectivity index (χ2n) is 5.13. The molecule has 2 aromatic carbocycles. The molecule has 1 N–H and O–H groups in total. The molecule has 0 radical (unpaired) electrons. The lowest BCUT2D eigenvalue weighted by Gasteiger charge is -2.13. The molecule has 3 aromatic rings. The van der Waals surface area contributed by atoms with E-state index in [-0.39, 0.29) is 5.56 Å². The fraction of sp³-hybridized carbons (Fsp3) is 0.111. The quantitative estimate of drug-likeness (QED) is 0.718. The van der Waals surface area contributed by atoms with Gasteiger partial charge in [-0.25, -0.2) is 4.79 Å². The van der Waals surface area contributed by atoms with Crippen molar-refractivity contribution in [2.75, 3.05) is 19.5 Å². The van der Waals surface area contributed by atoms with Gasteiger partial charge in [-0.1, -0.05) is 29.8 Å². The number of rotatable bonds is 4. The molecule has 0 atom stereocenters. The van der Waals surface area contributed by atoms with E-state index in [1.807, 2.05) is 0 Å². The number of hydrogen-bond acceptors (Lipinski definition) is 5. The molecule has 6 nitrogen and oxygen atoms in total. The highest BCUT2D eigenvalue weighted by atomic mass is 35.5. The Morgan fingerprint density at radius 3 is 2.52 bits per heavy atom. The van der Waals surface area contributed by atoms with Crippen LogP contribution in [0.4, 0.5) is 5.69 Å². The third-order valence-electron chi connectivity index (χ3n) is 3.61. The molecule has 0 aliphatic heterocycles. The molecule has 1 heterocycles. The number of amides is 1. The van der Waals surface area contributed by atoms with Crippen LogP contribution in [0.3, 0.4) is 0 Å². The Kier molecular flexibility index (Phi) is 4.63. The standard InChI is InChI=1S/C18H14ClNO5/c1-23-15-9-16(24-2)13(8-12(15)19)20-17(21)11-7-10-5-3-4-6-14(10)25-18(11)22/h3-9H,1-2H3,(H,20,21). The number of nitrogens with one attached hydrogen (secondary N) is 1. The minimum atomic E-state index is -0.727. The Balaban J connectivity index is 1.99. The molecule has 1 amide bonds. The Labute approximate surface area is 147 Å². The average Bonchev–Trinajstić information content (AvgIpc) is 2.61. The molecule has 0 saturated heterocycles. The molecule has 7 heteroatoms. The highest BCUT2D eigenvalue weighted by molar-refractivity contribution is 6.32. The summed E-state index contributed by atoms with van der Waals surface area (Å²) < 4.78 is 15.5. The van der Waals surface area contributed by atoms with Crippen molar-refractivity contribution >= 4 is 34.2 Å². The summed E-state index contributed by atoms with van der Waals surface area (Å²) in [5, 5.41) is 3.55. The van der Waals surface area contributed by atoms with Gasteiger partial charge in [0.05, 0.1) is 24.9 Å². The lowest BCUT2D eigenvalue weighted by atomic mass is 10.1. The van der Waals surface area contributed by atoms with Gasteiger partial charge in [-0.05, 0) is 18.2 Å². The summed E-state index contributed by atoms with van der Waals surface area (Å²) in [6, 6.07) is 11.4. The predicted octanol–water partition coefficient (Wildman–Crippen LogP) is 3.72. The summed E-state index contributed by atoms with van der Waals surface area (Å²) in [6.07, 6.45) is 0. The number of anilines is 1. The van der Waals surface area contributed by atoms with Gasteiger partial charge < -0.3 is 19.2 Å². The number of carbonyl (C=O) groups excluding carboxylic acids is 1. The molecule has 0 aliphatic rings. The molecular formula is C18H14ClNO5. The summed E-state index contributed by atoms with van der Waals surface area (Å²) >= 11 is 6.09. The molecule has 0 spiro atoms. The third kappa shape index (κ3) is 3.29. The zero-order valence-electron chi connectivity index (χ0n) is 13.5. The van der Waals surface area contributed by atoms with Crippen molar-refractivity contribution in [3.63, 3.8) is 0 Å². The molecule has 128 valence electrons. The van der Waals surface area contributed by atoms with Crippen LogP contribution in [0.1, 0.15) is 10.4 Å². The summed E-state index contributed by atoms with van der Waals surface area (Å²) in [7, 11) is 2.92. The number of hydrogen-bond donors (Lipinski definition) is 1. The number of para-hydroxylation sites is 1. The van der Waals surface area contributed by atoms with Crippen molar-refractivity contribution < 1.29 is 18.7 Å². The first-order valence-corrected chi connectivity index (χ1v) is 7.67. The van der Waals surface area contributed by atoms with Crippen LogP contribution in [0, 0.1) is 0 Å². The van der Waals surface area contributed by atoms with Crippen LogP contribution in [0.15, 0.2) is 51.7 Å². The van der Waals surface area contributed by atoms with Crippen LogP contribution < -0.4 is 20.4 Å². The molecule has 1 aromatic heterocycles. The Bertz CT molecular complexity index is 1010. The Morgan fingerprint density at radius 1 is 1.08 bits per heavy atom. The minimum Gasteiger partial charge on any atom is -0.495 e. The third-order valence-corrected chi connectivity index (χ3v) is 3.90. The van der Waals surface area contributed by atoms with Crippen molar-refractivity contribution in [2.45, 2.75) is 0 Å². The molecule has 25 heavy (non-hydrogen) atoms. The van der Waals surface area contributed by atoms with Gasteiger partial charge in [-0.2, -0.15) is 0 Å². The van der Waals surface area contributed by atoms with E-state index in [1.54, 1.807) is 30.3 Å². The fourth-order valence-corrected chi connectivity index (χ4v) is 2.61. The second-order valence-corrected chi connectivity index (χ2v) is 5.53. The molecule has 0 saturated carbocycles. The van der Waals surface area contributed by atoms with Gasteiger partial charge in [-0.15, -0.1) is 0 Å². The first-order chi connectivity index (χ1) is 12.0. The van der Waals surface area contributed by atoms with Crippen LogP contribution >= 0.6 is 11.6 Å². The molecule has 0 aliphatic carbocycles. The SMILES string of the molecule is COc1cc(OC)c(NC(=O)c2cc3ccccc3oc2=O)cc1Cl. The Hall–Kier alpha value is -2.99. The first-order valence-electron chi connectivity index (χ1n) is 7.29. The number of ether oxygens (including phenoxy) is 2. The summed E-state index contributed by atoms with van der Waals surface area (Å²) in [4.78, 5) is 24.6. The topological polar surface area (TPSA) is 77.8 Å². The normalized spacial score (nSPS) is 10.5. The Morgan fingerprint density at radius 2 is 1.80 bits per heavy atom. The van der Waals surface area contributed by atoms with Crippen molar-refractivity contribution in [1.29, 1.82) is 0 Å². The molecule has 3 rings (SSSR count). The van der Waals surface area contributed by atoms with Gasteiger partial charge in [0.25, 0.3) is 5.91 Å². The summed E-state index contributed by atoms with van der Waals surface area (Å²) in [5.74, 6) is 0.126. The van der Waals surface area contributed by atoms with Crippen molar-refractivity contribution in [2.24, 2.45) is 0 Å². The van der Waals surface area contributed by atoms with Crippen LogP contribution in [0.2, 0.25) is 5.02 Å². The van der Waals surface area contributed by atoms with Gasteiger partial charge in [0, 0.05) is 11.5 Å². The number of fused-ring (bicyclic) bond motifs is 1. The van der Waals surface area contributed by atoms with E-state index in [4.69, 9.17) is 25.5 Å². The van der Waals surface area contributed by atoms with Gasteiger partial charge in [0.15, 0.2) is 0 Å². The number of benzene rings is 2. The van der Waals surface area contributed by atoms with E-state index in [2.05, 4.69) is 5.32 Å². The largest absolute Gasteiger partial charge is 0.495 e. The first kappa shape index (κ1) is 16.9. The number of carbonyl (C=O) groups is 1. The monoisotopic (exact) mass is 359 g/mol. The number of halogens is 1. The maximum Gasteiger partial charge on any atom is 0.349 e. The van der Waals surface area contributed by atoms with E-state index in [0.29, 0.717) is 33.2 Å². The van der Waals surface area contributed by atoms with Gasteiger partial charge in [-0.3, -0.25) is 4.79 Å². The van der Waals surface area contributed by atoms with Crippen LogP contribution in [-0.2, 0) is 0 Å². The van der Waals surface area contributed by atoms with Crippen LogP contribution in [0.25, 0.3) is 11.0 Å². The average molecular weight is 360 g/mol. The maximum absolute atomic E-state index is 12.5. The summed E-state index contributed by atoms with van der Waals surface area (Å²) in [6.45, 7) is 0. The van der Waals surface area contributed by atoms with Gasteiger partial charge >= 0.3 is 5.63 Å². The molecular weight excluding hydrogens is 346 g/mol. The van der Waals surface area contributed by atoms with Crippen molar-refractivity contribution in [1.82, 2.24) is 0 Å². The zero-order valence-corrected chi connectivity index (χ0v) is 14.2. The zero-order chi connectivity index (χ0) is 18.0. The molecule has 0 fully saturated rings. The molecule has 0 bridgehead atoms. The van der Waals surface area contributed by atoms with Crippen molar-refractivity contribution in [3.05, 3.63) is 63.5 Å². The van der Waals surface area contributed by atoms with Crippen molar-refractivity contribution in [3.8, 4) is 11.5 Å². The summed E-state index contributed by atoms with van der Waals surface area (Å²) in [5.41, 5.74) is -0.123. The fourth-order valence-electron chi connectivity index (χ4n) is 2.37. The minimum absolute atomic E-state index is 0.118. The predicted molar refractivity (Wildman–Crippen MR) is 95.0 cm³/mol. The molecule has 0 unspecified atom stereocenters. The van der Waals surface area contributed by atoms with E-state index in [1.165, 1.54) is 26.4 Å². The van der Waals surface area contributed by atoms with Gasteiger partial charge in [0.1, 0.15) is 22.6 Å². The number of methoxy groups -OCH3 is 2. The van der Waals surface area contributed by atoms with Crippen LogP contribution in [0.5, 0.6) is 11.5 Å². The maximum atomic E-state index is 12.5. The van der Waals surface area contributed by atoms with Crippen LogP contribution in [-0.4, -0.2) is 20.1 Å². The van der Waals surface area contributed by atoms with E-state index in [0.717, 1.165) is 0 Å². The highest BCUT2D eigenvalue weighted by Crippen LogP contribution is 2.36. The highest BCUT2D eigenvalue weighted by Gasteiger charge is 2.17. The lowest BCUT2D eigenvalue weighted by molar-refractivity contribution is 0.102. The van der Waals surface area contributed by atoms with Gasteiger partial charge in [0.2, 0.25) is 0 Å². The smallest absolute Gasteiger partial charge is 0.349 e. The van der Waals surface area contributed by atoms with E-state index < -0.39 is 11.5 Å². The van der Waals surface area contributed by atoms with E-state index >= 15 is 0 Å². The lowest BCUT2D eigenvalue weighted by Crippen LogP contribution is -2.21.